The Hall–Kier alpha value is -2.05. The molecule has 0 unspecified atom stereocenters. The van der Waals surface area contributed by atoms with Crippen molar-refractivity contribution in [3.63, 3.8) is 0 Å². The molecule has 0 aromatic heterocycles. The molecule has 0 aliphatic heterocycles. The quantitative estimate of drug-likeness (QED) is 0.785. The minimum Gasteiger partial charge on any atom is -0.348 e. The number of sulfonamides is 1. The Labute approximate surface area is 166 Å². The molecule has 2 aromatic rings. The molecule has 0 spiro atoms. The molecule has 2 aromatic carbocycles. The fourth-order valence-corrected chi connectivity index (χ4v) is 4.41. The van der Waals surface area contributed by atoms with Gasteiger partial charge < -0.3 is 5.32 Å². The van der Waals surface area contributed by atoms with Gasteiger partial charge in [0.1, 0.15) is 6.04 Å². The largest absolute Gasteiger partial charge is 0.348 e. The lowest BCUT2D eigenvalue weighted by atomic mass is 10.00. The average Bonchev–Trinajstić information content (AvgIpc) is 2.55. The molecule has 0 aliphatic carbocycles. The summed E-state index contributed by atoms with van der Waals surface area (Å²) in [4.78, 5) is 12.8. The zero-order chi connectivity index (χ0) is 20.4. The van der Waals surface area contributed by atoms with Gasteiger partial charge in [0.15, 0.2) is 0 Å². The lowest BCUT2D eigenvalue weighted by Gasteiger charge is -2.29. The average molecular weight is 409 g/mol. The van der Waals surface area contributed by atoms with Gasteiger partial charge in [-0.3, -0.25) is 9.10 Å². The summed E-state index contributed by atoms with van der Waals surface area (Å²) in [6.07, 6.45) is 1.08. The molecule has 0 fully saturated rings. The van der Waals surface area contributed by atoms with Crippen LogP contribution >= 0.6 is 11.6 Å². The summed E-state index contributed by atoms with van der Waals surface area (Å²) in [5, 5.41) is 3.32. The first-order valence-corrected chi connectivity index (χ1v) is 10.9. The second-order valence-electron chi connectivity index (χ2n) is 6.80. The van der Waals surface area contributed by atoms with Crippen LogP contribution in [0.2, 0.25) is 5.02 Å². The summed E-state index contributed by atoms with van der Waals surface area (Å²) in [5.41, 5.74) is 3.52. The van der Waals surface area contributed by atoms with Crippen molar-refractivity contribution >= 4 is 33.2 Å². The van der Waals surface area contributed by atoms with Crippen LogP contribution in [-0.4, -0.2) is 26.6 Å². The highest BCUT2D eigenvalue weighted by atomic mass is 35.5. The Balaban J connectivity index is 2.28. The molecule has 0 aliphatic rings. The number of hydrogen-bond donors (Lipinski definition) is 1. The monoisotopic (exact) mass is 408 g/mol. The van der Waals surface area contributed by atoms with Crippen molar-refractivity contribution in [3.05, 3.63) is 64.2 Å². The maximum Gasteiger partial charge on any atom is 0.244 e. The van der Waals surface area contributed by atoms with E-state index in [-0.39, 0.29) is 11.9 Å². The van der Waals surface area contributed by atoms with E-state index in [9.17, 15) is 13.2 Å². The van der Waals surface area contributed by atoms with Gasteiger partial charge in [-0.05, 0) is 57.0 Å². The number of hydrogen-bond acceptors (Lipinski definition) is 3. The Morgan fingerprint density at radius 1 is 1.11 bits per heavy atom. The summed E-state index contributed by atoms with van der Waals surface area (Å²) in [7, 11) is -3.68. The zero-order valence-corrected chi connectivity index (χ0v) is 17.7. The van der Waals surface area contributed by atoms with Gasteiger partial charge in [-0.25, -0.2) is 8.42 Å². The Morgan fingerprint density at radius 3 is 2.37 bits per heavy atom. The van der Waals surface area contributed by atoms with E-state index in [4.69, 9.17) is 11.6 Å². The van der Waals surface area contributed by atoms with Gasteiger partial charge >= 0.3 is 0 Å². The van der Waals surface area contributed by atoms with Gasteiger partial charge in [-0.1, -0.05) is 41.4 Å². The SMILES string of the molecule is Cc1ccc(C)c([C@H](C)NC(=O)[C@@H](C)N(c2cccc(Cl)c2)S(C)(=O)=O)c1. The minimum absolute atomic E-state index is 0.249. The molecule has 1 N–H and O–H groups in total. The van der Waals surface area contributed by atoms with Crippen LogP contribution in [0.3, 0.4) is 0 Å². The second-order valence-corrected chi connectivity index (χ2v) is 9.10. The lowest BCUT2D eigenvalue weighted by Crippen LogP contribution is -2.48. The van der Waals surface area contributed by atoms with E-state index in [1.54, 1.807) is 25.1 Å². The molecule has 5 nitrogen and oxygen atoms in total. The molecule has 7 heteroatoms. The maximum atomic E-state index is 12.8. The second kappa shape index (κ2) is 8.31. The third-order valence-corrected chi connectivity index (χ3v) is 5.89. The summed E-state index contributed by atoms with van der Waals surface area (Å²) < 4.78 is 25.8. The van der Waals surface area contributed by atoms with E-state index in [0.717, 1.165) is 27.3 Å². The number of anilines is 1. The van der Waals surface area contributed by atoms with Crippen molar-refractivity contribution < 1.29 is 13.2 Å². The van der Waals surface area contributed by atoms with Crippen molar-refractivity contribution in [2.45, 2.75) is 39.8 Å². The van der Waals surface area contributed by atoms with E-state index in [1.165, 1.54) is 6.07 Å². The van der Waals surface area contributed by atoms with Crippen LogP contribution in [-0.2, 0) is 14.8 Å². The smallest absolute Gasteiger partial charge is 0.244 e. The van der Waals surface area contributed by atoms with E-state index in [2.05, 4.69) is 5.32 Å². The van der Waals surface area contributed by atoms with Crippen LogP contribution in [0.15, 0.2) is 42.5 Å². The van der Waals surface area contributed by atoms with Crippen LogP contribution in [0.25, 0.3) is 0 Å². The normalized spacial score (nSPS) is 13.7. The molecule has 0 bridgehead atoms. The number of nitrogens with zero attached hydrogens (tertiary/aromatic N) is 1. The van der Waals surface area contributed by atoms with Crippen LogP contribution < -0.4 is 9.62 Å². The van der Waals surface area contributed by atoms with Gasteiger partial charge in [0.05, 0.1) is 18.0 Å². The molecule has 0 saturated heterocycles. The number of carbonyl (C=O) groups is 1. The molecular weight excluding hydrogens is 384 g/mol. The first kappa shape index (κ1) is 21.3. The van der Waals surface area contributed by atoms with Gasteiger partial charge in [0.25, 0.3) is 0 Å². The molecule has 2 atom stereocenters. The number of benzene rings is 2. The number of amides is 1. The first-order chi connectivity index (χ1) is 12.5. The summed E-state index contributed by atoms with van der Waals surface area (Å²) in [5.74, 6) is -0.381. The lowest BCUT2D eigenvalue weighted by molar-refractivity contribution is -0.122. The molecule has 0 heterocycles. The molecule has 0 saturated carbocycles. The van der Waals surface area contributed by atoms with Crippen LogP contribution in [0.4, 0.5) is 5.69 Å². The Kier molecular flexibility index (Phi) is 6.54. The van der Waals surface area contributed by atoms with Crippen molar-refractivity contribution in [1.29, 1.82) is 0 Å². The number of carbonyl (C=O) groups excluding carboxylic acids is 1. The maximum absolute atomic E-state index is 12.8. The van der Waals surface area contributed by atoms with E-state index in [1.807, 2.05) is 39.0 Å². The van der Waals surface area contributed by atoms with Gasteiger partial charge in [0, 0.05) is 5.02 Å². The minimum atomic E-state index is -3.68. The number of rotatable bonds is 6. The highest BCUT2D eigenvalue weighted by molar-refractivity contribution is 7.92. The van der Waals surface area contributed by atoms with Crippen LogP contribution in [0.1, 0.15) is 36.6 Å². The molecule has 27 heavy (non-hydrogen) atoms. The van der Waals surface area contributed by atoms with Crippen molar-refractivity contribution in [3.8, 4) is 0 Å². The predicted molar refractivity (Wildman–Crippen MR) is 111 cm³/mol. The Bertz CT molecular complexity index is 944. The van der Waals surface area contributed by atoms with Crippen LogP contribution in [0, 0.1) is 13.8 Å². The van der Waals surface area contributed by atoms with Crippen molar-refractivity contribution in [2.24, 2.45) is 0 Å². The highest BCUT2D eigenvalue weighted by Gasteiger charge is 2.30. The molecule has 146 valence electrons. The fraction of sp³-hybridized carbons (Fsp3) is 0.350. The standard InChI is InChI=1S/C20H25ClN2O3S/c1-13-9-10-14(2)19(11-13)15(3)22-20(24)16(4)23(27(5,25)26)18-8-6-7-17(21)12-18/h6-12,15-16H,1-5H3,(H,22,24)/t15-,16+/m0/s1. The third kappa shape index (κ3) is 5.23. The zero-order valence-electron chi connectivity index (χ0n) is 16.2. The predicted octanol–water partition coefficient (Wildman–Crippen LogP) is 3.99. The van der Waals surface area contributed by atoms with Gasteiger partial charge in [0.2, 0.25) is 15.9 Å². The number of aryl methyl sites for hydroxylation is 2. The molecular formula is C20H25ClN2O3S. The Morgan fingerprint density at radius 2 is 1.78 bits per heavy atom. The van der Waals surface area contributed by atoms with Crippen LogP contribution in [0.5, 0.6) is 0 Å². The topological polar surface area (TPSA) is 66.5 Å². The van der Waals surface area contributed by atoms with E-state index < -0.39 is 16.1 Å². The molecule has 2 rings (SSSR count). The van der Waals surface area contributed by atoms with Gasteiger partial charge in [-0.2, -0.15) is 0 Å². The summed E-state index contributed by atoms with van der Waals surface area (Å²) in [6, 6.07) is 11.3. The van der Waals surface area contributed by atoms with E-state index in [0.29, 0.717) is 10.7 Å². The highest BCUT2D eigenvalue weighted by Crippen LogP contribution is 2.25. The third-order valence-electron chi connectivity index (χ3n) is 4.41. The first-order valence-electron chi connectivity index (χ1n) is 8.63. The van der Waals surface area contributed by atoms with Crippen molar-refractivity contribution in [2.75, 3.05) is 10.6 Å². The van der Waals surface area contributed by atoms with E-state index >= 15 is 0 Å². The molecule has 1 amide bonds. The summed E-state index contributed by atoms with van der Waals surface area (Å²) >= 11 is 6.00. The van der Waals surface area contributed by atoms with Crippen molar-refractivity contribution in [1.82, 2.24) is 5.32 Å². The van der Waals surface area contributed by atoms with Gasteiger partial charge in [-0.15, -0.1) is 0 Å². The molecule has 0 radical (unpaired) electrons. The fourth-order valence-electron chi connectivity index (χ4n) is 3.06. The number of halogens is 1. The number of nitrogens with one attached hydrogen (secondary N) is 1. The summed E-state index contributed by atoms with van der Waals surface area (Å²) in [6.45, 7) is 7.42.